The number of hydrogen-bond acceptors (Lipinski definition) is 4. The molecule has 3 heterocycles. The number of amidine groups is 2. The van der Waals surface area contributed by atoms with Gasteiger partial charge in [-0.2, -0.15) is 0 Å². The van der Waals surface area contributed by atoms with Gasteiger partial charge in [-0.25, -0.2) is 9.98 Å². The molecule has 1 aliphatic heterocycles. The monoisotopic (exact) mass is 716 g/mol. The molecule has 0 spiro atoms. The van der Waals surface area contributed by atoms with Crippen LogP contribution in [-0.2, 0) is 0 Å². The molecule has 1 N–H and O–H groups in total. The number of fused-ring (bicyclic) bond motifs is 11. The van der Waals surface area contributed by atoms with Gasteiger partial charge in [0.25, 0.3) is 0 Å². The molecule has 0 saturated heterocycles. The van der Waals surface area contributed by atoms with Gasteiger partial charge in [-0.15, -0.1) is 0 Å². The van der Waals surface area contributed by atoms with E-state index in [1.807, 2.05) is 18.2 Å². The van der Waals surface area contributed by atoms with Crippen LogP contribution in [-0.4, -0.2) is 16.2 Å². The third-order valence-electron chi connectivity index (χ3n) is 11.4. The second kappa shape index (κ2) is 12.0. The van der Waals surface area contributed by atoms with Gasteiger partial charge in [0.05, 0.1) is 11.0 Å². The lowest BCUT2D eigenvalue weighted by atomic mass is 10.0. The van der Waals surface area contributed by atoms with E-state index in [0.29, 0.717) is 5.84 Å². The summed E-state index contributed by atoms with van der Waals surface area (Å²) in [6, 6.07) is 64.4. The van der Waals surface area contributed by atoms with Crippen LogP contribution in [0.15, 0.2) is 196 Å². The molecule has 1 aliphatic rings. The topological polar surface area (TPSA) is 54.8 Å². The van der Waals surface area contributed by atoms with Crippen LogP contribution in [0.5, 0.6) is 0 Å². The lowest BCUT2D eigenvalue weighted by Crippen LogP contribution is -2.33. The van der Waals surface area contributed by atoms with Gasteiger partial charge >= 0.3 is 0 Å². The molecule has 56 heavy (non-hydrogen) atoms. The third-order valence-corrected chi connectivity index (χ3v) is 11.4. The molecule has 12 rings (SSSR count). The number of nitrogens with zero attached hydrogens (tertiary/aromatic N) is 3. The number of aromatic nitrogens is 1. The van der Waals surface area contributed by atoms with E-state index >= 15 is 0 Å². The Morgan fingerprint density at radius 1 is 0.500 bits per heavy atom. The summed E-state index contributed by atoms with van der Waals surface area (Å²) < 4.78 is 9.16. The highest BCUT2D eigenvalue weighted by molar-refractivity contribution is 6.26. The predicted molar refractivity (Wildman–Crippen MR) is 232 cm³/mol. The Morgan fingerprint density at radius 2 is 1.14 bits per heavy atom. The zero-order chi connectivity index (χ0) is 36.7. The minimum atomic E-state index is -0.300. The van der Waals surface area contributed by atoms with Gasteiger partial charge in [-0.05, 0) is 62.8 Å². The highest BCUT2D eigenvalue weighted by Crippen LogP contribution is 2.41. The van der Waals surface area contributed by atoms with Gasteiger partial charge < -0.3 is 14.3 Å². The zero-order valence-corrected chi connectivity index (χ0v) is 30.1. The molecule has 2 aromatic heterocycles. The molecule has 0 saturated carbocycles. The number of furan rings is 1. The van der Waals surface area contributed by atoms with E-state index in [9.17, 15) is 0 Å². The van der Waals surface area contributed by atoms with Crippen molar-refractivity contribution in [2.75, 3.05) is 0 Å². The number of nitrogens with one attached hydrogen (secondary N) is 1. The first-order valence-electron chi connectivity index (χ1n) is 19.0. The van der Waals surface area contributed by atoms with E-state index in [4.69, 9.17) is 14.4 Å². The van der Waals surface area contributed by atoms with E-state index in [1.54, 1.807) is 0 Å². The number of hydrogen-bond donors (Lipinski definition) is 1. The molecule has 11 aromatic rings. The fraction of sp³-hybridized carbons (Fsp3) is 0.0196. The van der Waals surface area contributed by atoms with E-state index < -0.39 is 0 Å². The van der Waals surface area contributed by atoms with Crippen molar-refractivity contribution in [2.24, 2.45) is 9.98 Å². The van der Waals surface area contributed by atoms with Gasteiger partial charge in [0.2, 0.25) is 0 Å². The van der Waals surface area contributed by atoms with Gasteiger partial charge in [0.15, 0.2) is 5.84 Å². The molecule has 5 nitrogen and oxygen atoms in total. The molecule has 0 aliphatic carbocycles. The normalized spacial score (nSPS) is 14.6. The van der Waals surface area contributed by atoms with Crippen LogP contribution in [0.2, 0.25) is 0 Å². The van der Waals surface area contributed by atoms with Gasteiger partial charge in [0.1, 0.15) is 23.2 Å². The Labute approximate surface area is 321 Å². The second-order valence-electron chi connectivity index (χ2n) is 14.6. The first-order chi connectivity index (χ1) is 27.7. The molecule has 5 heteroatoms. The number of benzene rings is 9. The molecule has 9 aromatic carbocycles. The maximum Gasteiger partial charge on any atom is 0.159 e. The maximum atomic E-state index is 6.75. The van der Waals surface area contributed by atoms with Crippen molar-refractivity contribution in [1.29, 1.82) is 0 Å². The maximum absolute atomic E-state index is 6.75. The molecule has 1 atom stereocenters. The summed E-state index contributed by atoms with van der Waals surface area (Å²) in [5.74, 6) is 1.45. The highest BCUT2D eigenvalue weighted by atomic mass is 16.3. The molecule has 0 bridgehead atoms. The average Bonchev–Trinajstić information content (AvgIpc) is 3.81. The Morgan fingerprint density at radius 3 is 1.98 bits per heavy atom. The SMILES string of the molecule is c1ccc(C2N=C(c3ccc4c(c3)oc3cc(-n5c6ccc7ccccc7c6c6ccc7ccccc7c65)ccc34)N=C(c3cccc4ccccc34)N2)cc1. The Bertz CT molecular complexity index is 3460. The molecule has 0 radical (unpaired) electrons. The molecule has 262 valence electrons. The molecular weight excluding hydrogens is 685 g/mol. The van der Waals surface area contributed by atoms with Crippen LogP contribution in [0.4, 0.5) is 0 Å². The minimum absolute atomic E-state index is 0.300. The first-order valence-corrected chi connectivity index (χ1v) is 19.0. The summed E-state index contributed by atoms with van der Waals surface area (Å²) in [5.41, 5.74) is 8.07. The molecule has 0 amide bonds. The summed E-state index contributed by atoms with van der Waals surface area (Å²) in [6.07, 6.45) is -0.300. The Kier molecular flexibility index (Phi) is 6.63. The number of rotatable bonds is 4. The zero-order valence-electron chi connectivity index (χ0n) is 30.1. The fourth-order valence-corrected chi connectivity index (χ4v) is 8.81. The van der Waals surface area contributed by atoms with Crippen molar-refractivity contribution >= 4 is 87.7 Å². The van der Waals surface area contributed by atoms with Crippen LogP contribution in [0, 0.1) is 0 Å². The van der Waals surface area contributed by atoms with E-state index in [0.717, 1.165) is 55.5 Å². The molecular formula is C51H32N4O. The smallest absolute Gasteiger partial charge is 0.159 e. The molecule has 1 unspecified atom stereocenters. The minimum Gasteiger partial charge on any atom is -0.456 e. The van der Waals surface area contributed by atoms with Crippen LogP contribution in [0.3, 0.4) is 0 Å². The third kappa shape index (κ3) is 4.67. The fourth-order valence-electron chi connectivity index (χ4n) is 8.81. The Balaban J connectivity index is 1.03. The predicted octanol–water partition coefficient (Wildman–Crippen LogP) is 12.6. The summed E-state index contributed by atoms with van der Waals surface area (Å²) in [5, 5.41) is 15.5. The van der Waals surface area contributed by atoms with Crippen molar-refractivity contribution in [3.63, 3.8) is 0 Å². The van der Waals surface area contributed by atoms with Crippen LogP contribution in [0.1, 0.15) is 22.9 Å². The van der Waals surface area contributed by atoms with Crippen molar-refractivity contribution < 1.29 is 4.42 Å². The van der Waals surface area contributed by atoms with Gasteiger partial charge in [-0.3, -0.25) is 0 Å². The molecule has 0 fully saturated rings. The van der Waals surface area contributed by atoms with Crippen LogP contribution < -0.4 is 5.32 Å². The van der Waals surface area contributed by atoms with Gasteiger partial charge in [0, 0.05) is 49.8 Å². The summed E-state index contributed by atoms with van der Waals surface area (Å²) in [7, 11) is 0. The standard InChI is InChI=1S/C51H32N4O/c1-2-14-34(15-3-1)49-52-50(54-51(53-49)42-20-10-16-31-11-4-7-17-37(31)42)35-22-25-40-41-27-24-36(30-46(41)56-45(40)29-35)55-44-28-23-32-12-5-8-18-38(32)47(44)43-26-21-33-13-6-9-19-39(33)48(43)55/h1-30,49H,(H,52,53,54). The summed E-state index contributed by atoms with van der Waals surface area (Å²) in [6.45, 7) is 0. The largest absolute Gasteiger partial charge is 0.456 e. The lowest BCUT2D eigenvalue weighted by Gasteiger charge is -2.24. The van der Waals surface area contributed by atoms with Crippen LogP contribution >= 0.6 is 0 Å². The van der Waals surface area contributed by atoms with E-state index in [-0.39, 0.29) is 6.17 Å². The lowest BCUT2D eigenvalue weighted by molar-refractivity contribution is 0.667. The van der Waals surface area contributed by atoms with E-state index in [2.05, 4.69) is 174 Å². The quantitative estimate of drug-likeness (QED) is 0.197. The highest BCUT2D eigenvalue weighted by Gasteiger charge is 2.23. The van der Waals surface area contributed by atoms with E-state index in [1.165, 1.54) is 48.7 Å². The van der Waals surface area contributed by atoms with Crippen molar-refractivity contribution in [1.82, 2.24) is 9.88 Å². The second-order valence-corrected chi connectivity index (χ2v) is 14.6. The van der Waals surface area contributed by atoms with Crippen LogP contribution in [0.25, 0.3) is 81.7 Å². The van der Waals surface area contributed by atoms with Crippen molar-refractivity contribution in [3.8, 4) is 5.69 Å². The van der Waals surface area contributed by atoms with Crippen molar-refractivity contribution in [2.45, 2.75) is 6.17 Å². The van der Waals surface area contributed by atoms with Gasteiger partial charge in [-0.1, -0.05) is 146 Å². The summed E-state index contributed by atoms with van der Waals surface area (Å²) >= 11 is 0. The average molecular weight is 717 g/mol. The summed E-state index contributed by atoms with van der Waals surface area (Å²) in [4.78, 5) is 10.3. The van der Waals surface area contributed by atoms with Crippen molar-refractivity contribution in [3.05, 3.63) is 199 Å². The number of aliphatic imine (C=N–C) groups is 2. The Hall–Kier alpha value is -7.50. The first kappa shape index (κ1) is 30.9.